The Kier molecular flexibility index (Phi) is 4.98. The van der Waals surface area contributed by atoms with Crippen molar-refractivity contribution in [2.45, 2.75) is 9.79 Å². The fourth-order valence-electron chi connectivity index (χ4n) is 3.20. The number of ether oxygens (including phenoxy) is 1. The molecule has 0 saturated carbocycles. The molecule has 0 atom stereocenters. The van der Waals surface area contributed by atoms with E-state index in [1.54, 1.807) is 42.5 Å². The normalized spacial score (nSPS) is 11.6. The summed E-state index contributed by atoms with van der Waals surface area (Å²) in [6.07, 6.45) is 1.20. The second-order valence-electron chi connectivity index (χ2n) is 6.32. The Morgan fingerprint density at radius 3 is 2.41 bits per heavy atom. The van der Waals surface area contributed by atoms with Crippen LogP contribution in [0.4, 0.5) is 4.39 Å². The highest BCUT2D eigenvalue weighted by Gasteiger charge is 2.25. The summed E-state index contributed by atoms with van der Waals surface area (Å²) >= 11 is 6.14. The molecular weight excluding hydrogens is 413 g/mol. The maximum atomic E-state index is 14.3. The van der Waals surface area contributed by atoms with Crippen LogP contribution in [0.1, 0.15) is 0 Å². The highest BCUT2D eigenvalue weighted by Crippen LogP contribution is 2.38. The van der Waals surface area contributed by atoms with Gasteiger partial charge in [-0.2, -0.15) is 0 Å². The Hall–Kier alpha value is -2.96. The first-order valence-electron chi connectivity index (χ1n) is 8.64. The Labute approximate surface area is 172 Å². The molecule has 146 valence electrons. The van der Waals surface area contributed by atoms with Gasteiger partial charge in [-0.05, 0) is 48.0 Å². The number of nitrogens with zero attached hydrogens (tertiary/aromatic N) is 1. The van der Waals surface area contributed by atoms with E-state index in [1.807, 2.05) is 0 Å². The van der Waals surface area contributed by atoms with Crippen molar-refractivity contribution in [3.63, 3.8) is 0 Å². The molecule has 0 radical (unpaired) electrons. The number of benzene rings is 3. The largest absolute Gasteiger partial charge is 0.497 e. The van der Waals surface area contributed by atoms with Crippen LogP contribution in [0.5, 0.6) is 5.75 Å². The van der Waals surface area contributed by atoms with Gasteiger partial charge in [0, 0.05) is 22.2 Å². The number of fused-ring (bicyclic) bond motifs is 1. The van der Waals surface area contributed by atoms with Crippen molar-refractivity contribution in [2.24, 2.45) is 0 Å². The lowest BCUT2D eigenvalue weighted by atomic mass is 10.0. The average Bonchev–Trinajstić information content (AvgIpc) is 2.73. The summed E-state index contributed by atoms with van der Waals surface area (Å²) in [4.78, 5) is 4.16. The lowest BCUT2D eigenvalue weighted by Crippen LogP contribution is -2.06. The van der Waals surface area contributed by atoms with Gasteiger partial charge in [0.25, 0.3) is 0 Å². The zero-order valence-corrected chi connectivity index (χ0v) is 16.8. The van der Waals surface area contributed by atoms with Crippen LogP contribution in [-0.2, 0) is 9.84 Å². The van der Waals surface area contributed by atoms with Gasteiger partial charge < -0.3 is 4.74 Å². The van der Waals surface area contributed by atoms with E-state index >= 15 is 0 Å². The van der Waals surface area contributed by atoms with E-state index in [0.717, 1.165) is 0 Å². The molecule has 0 fully saturated rings. The summed E-state index contributed by atoms with van der Waals surface area (Å²) in [7, 11) is -2.44. The fourth-order valence-corrected chi connectivity index (χ4v) is 4.82. The van der Waals surface area contributed by atoms with Crippen LogP contribution in [0.25, 0.3) is 22.0 Å². The summed E-state index contributed by atoms with van der Waals surface area (Å²) in [5, 5.41) is 0.832. The van der Waals surface area contributed by atoms with Gasteiger partial charge in [0.15, 0.2) is 0 Å². The number of aromatic nitrogens is 1. The lowest BCUT2D eigenvalue weighted by molar-refractivity contribution is 0.414. The molecule has 3 aromatic carbocycles. The number of hydrogen-bond donors (Lipinski definition) is 0. The minimum Gasteiger partial charge on any atom is -0.497 e. The SMILES string of the molecule is COc1ccc(S(=O)(=O)c2cnc3c(F)cccc3c2-c2cccc(Cl)c2)cc1. The lowest BCUT2D eigenvalue weighted by Gasteiger charge is -2.14. The summed E-state index contributed by atoms with van der Waals surface area (Å²) < 4.78 is 46.3. The molecular formula is C22H15ClFNO3S. The number of methoxy groups -OCH3 is 1. The molecule has 1 aromatic heterocycles. The standard InChI is InChI=1S/C22H15ClFNO3S/c1-28-16-8-10-17(11-9-16)29(26,27)20-13-25-22-18(6-3-7-19(22)24)21(20)14-4-2-5-15(23)12-14/h2-13H,1H3. The predicted molar refractivity (Wildman–Crippen MR) is 111 cm³/mol. The van der Waals surface area contributed by atoms with Crippen molar-refractivity contribution in [3.05, 3.63) is 83.8 Å². The zero-order chi connectivity index (χ0) is 20.6. The van der Waals surface area contributed by atoms with Gasteiger partial charge in [0.2, 0.25) is 9.84 Å². The highest BCUT2D eigenvalue weighted by atomic mass is 35.5. The van der Waals surface area contributed by atoms with Crippen LogP contribution < -0.4 is 4.74 Å². The number of hydrogen-bond acceptors (Lipinski definition) is 4. The van der Waals surface area contributed by atoms with Gasteiger partial charge in [-0.15, -0.1) is 0 Å². The van der Waals surface area contributed by atoms with E-state index in [1.165, 1.54) is 37.6 Å². The number of para-hydroxylation sites is 1. The van der Waals surface area contributed by atoms with Gasteiger partial charge in [-0.25, -0.2) is 12.8 Å². The summed E-state index contributed by atoms with van der Waals surface area (Å²) in [6, 6.07) is 17.3. The van der Waals surface area contributed by atoms with Crippen molar-refractivity contribution >= 4 is 32.3 Å². The van der Waals surface area contributed by atoms with Crippen LogP contribution in [0.3, 0.4) is 0 Å². The minimum atomic E-state index is -3.94. The van der Waals surface area contributed by atoms with Gasteiger partial charge in [-0.3, -0.25) is 4.98 Å². The molecule has 7 heteroatoms. The third-order valence-corrected chi connectivity index (χ3v) is 6.60. The molecule has 4 nitrogen and oxygen atoms in total. The van der Waals surface area contributed by atoms with Gasteiger partial charge in [0.1, 0.15) is 17.1 Å². The number of sulfone groups is 1. The second kappa shape index (κ2) is 7.46. The summed E-state index contributed by atoms with van der Waals surface area (Å²) in [5.74, 6) is 0.0110. The van der Waals surface area contributed by atoms with Crippen molar-refractivity contribution in [1.29, 1.82) is 0 Å². The molecule has 4 rings (SSSR count). The first kappa shape index (κ1) is 19.4. The predicted octanol–water partition coefficient (Wildman–Crippen LogP) is 5.54. The first-order chi connectivity index (χ1) is 13.9. The van der Waals surface area contributed by atoms with E-state index in [-0.39, 0.29) is 15.3 Å². The Morgan fingerprint density at radius 2 is 1.72 bits per heavy atom. The van der Waals surface area contributed by atoms with E-state index in [0.29, 0.717) is 27.3 Å². The third-order valence-electron chi connectivity index (χ3n) is 4.59. The van der Waals surface area contributed by atoms with E-state index in [4.69, 9.17) is 16.3 Å². The quantitative estimate of drug-likeness (QED) is 0.429. The van der Waals surface area contributed by atoms with Crippen molar-refractivity contribution in [2.75, 3.05) is 7.11 Å². The molecule has 0 saturated heterocycles. The van der Waals surface area contributed by atoms with Gasteiger partial charge >= 0.3 is 0 Å². The maximum absolute atomic E-state index is 14.3. The van der Waals surface area contributed by atoms with Crippen LogP contribution in [0, 0.1) is 5.82 Å². The topological polar surface area (TPSA) is 56.3 Å². The molecule has 0 unspecified atom stereocenters. The zero-order valence-electron chi connectivity index (χ0n) is 15.3. The molecule has 4 aromatic rings. The van der Waals surface area contributed by atoms with Crippen LogP contribution in [0.2, 0.25) is 5.02 Å². The highest BCUT2D eigenvalue weighted by molar-refractivity contribution is 7.91. The smallest absolute Gasteiger partial charge is 0.208 e. The number of rotatable bonds is 4. The number of pyridine rings is 1. The third kappa shape index (κ3) is 3.45. The molecule has 0 aliphatic rings. The molecule has 0 bridgehead atoms. The summed E-state index contributed by atoms with van der Waals surface area (Å²) in [6.45, 7) is 0. The molecule has 0 N–H and O–H groups in total. The van der Waals surface area contributed by atoms with Crippen molar-refractivity contribution < 1.29 is 17.5 Å². The van der Waals surface area contributed by atoms with Crippen LogP contribution in [-0.4, -0.2) is 20.5 Å². The Balaban J connectivity index is 2.05. The maximum Gasteiger partial charge on any atom is 0.208 e. The minimum absolute atomic E-state index is 0.0250. The monoisotopic (exact) mass is 427 g/mol. The molecule has 0 aliphatic heterocycles. The van der Waals surface area contributed by atoms with Gasteiger partial charge in [-0.1, -0.05) is 35.9 Å². The van der Waals surface area contributed by atoms with Crippen molar-refractivity contribution in [3.8, 4) is 16.9 Å². The van der Waals surface area contributed by atoms with E-state index in [9.17, 15) is 12.8 Å². The molecule has 1 heterocycles. The van der Waals surface area contributed by atoms with Gasteiger partial charge in [0.05, 0.1) is 16.9 Å². The fraction of sp³-hybridized carbons (Fsp3) is 0.0455. The molecule has 0 amide bonds. The second-order valence-corrected chi connectivity index (χ2v) is 8.68. The van der Waals surface area contributed by atoms with Crippen LogP contribution >= 0.6 is 11.6 Å². The molecule has 0 spiro atoms. The Morgan fingerprint density at radius 1 is 1.00 bits per heavy atom. The molecule has 29 heavy (non-hydrogen) atoms. The average molecular weight is 428 g/mol. The van der Waals surface area contributed by atoms with Crippen LogP contribution in [0.15, 0.2) is 82.7 Å². The van der Waals surface area contributed by atoms with E-state index < -0.39 is 15.7 Å². The summed E-state index contributed by atoms with van der Waals surface area (Å²) in [5.41, 5.74) is 1.01. The number of halogens is 2. The Bertz CT molecular complexity index is 1320. The molecule has 0 aliphatic carbocycles. The first-order valence-corrected chi connectivity index (χ1v) is 10.5. The van der Waals surface area contributed by atoms with E-state index in [2.05, 4.69) is 4.98 Å². The van der Waals surface area contributed by atoms with Crippen molar-refractivity contribution in [1.82, 2.24) is 4.98 Å².